The van der Waals surface area contributed by atoms with E-state index in [1.54, 1.807) is 6.07 Å². The van der Waals surface area contributed by atoms with Crippen molar-refractivity contribution in [1.29, 1.82) is 0 Å². The fourth-order valence-corrected chi connectivity index (χ4v) is 4.22. The van der Waals surface area contributed by atoms with E-state index in [0.29, 0.717) is 24.5 Å². The fourth-order valence-electron chi connectivity index (χ4n) is 3.44. The van der Waals surface area contributed by atoms with Crippen molar-refractivity contribution >= 4 is 15.7 Å². The van der Waals surface area contributed by atoms with Gasteiger partial charge in [-0.3, -0.25) is 0 Å². The molecule has 2 aromatic rings. The van der Waals surface area contributed by atoms with Crippen molar-refractivity contribution in [3.05, 3.63) is 42.0 Å². The first-order valence-corrected chi connectivity index (χ1v) is 10.4. The van der Waals surface area contributed by atoms with Gasteiger partial charge in [-0.2, -0.15) is 13.2 Å². The van der Waals surface area contributed by atoms with Crippen LogP contribution in [0.4, 0.5) is 18.9 Å². The summed E-state index contributed by atoms with van der Waals surface area (Å²) in [4.78, 5) is 3.59. The van der Waals surface area contributed by atoms with Gasteiger partial charge in [-0.25, -0.2) is 13.6 Å². The van der Waals surface area contributed by atoms with Gasteiger partial charge in [0.1, 0.15) is 5.75 Å². The van der Waals surface area contributed by atoms with Crippen LogP contribution in [0.1, 0.15) is 5.56 Å². The maximum absolute atomic E-state index is 13.7. The minimum atomic E-state index is -4.75. The second kappa shape index (κ2) is 7.85. The first-order valence-electron chi connectivity index (χ1n) is 8.87. The number of halogens is 3. The summed E-state index contributed by atoms with van der Waals surface area (Å²) in [5.74, 6) is 0.500. The molecule has 2 N–H and O–H groups in total. The van der Waals surface area contributed by atoms with Gasteiger partial charge in [-0.1, -0.05) is 12.1 Å². The van der Waals surface area contributed by atoms with E-state index in [1.807, 2.05) is 11.9 Å². The van der Waals surface area contributed by atoms with Gasteiger partial charge >= 0.3 is 6.18 Å². The number of ether oxygens (including phenoxy) is 1. The largest absolute Gasteiger partial charge is 0.495 e. The van der Waals surface area contributed by atoms with E-state index >= 15 is 0 Å². The molecule has 29 heavy (non-hydrogen) atoms. The number of piperazine rings is 1. The molecule has 1 heterocycles. The highest BCUT2D eigenvalue weighted by Gasteiger charge is 2.36. The third-order valence-corrected chi connectivity index (χ3v) is 5.90. The smallest absolute Gasteiger partial charge is 0.417 e. The highest BCUT2D eigenvalue weighted by Crippen LogP contribution is 2.42. The summed E-state index contributed by atoms with van der Waals surface area (Å²) in [6, 6.07) is 7.46. The quantitative estimate of drug-likeness (QED) is 0.809. The minimum absolute atomic E-state index is 0.108. The Balaban J connectivity index is 2.22. The molecule has 0 aliphatic carbocycles. The number of anilines is 1. The zero-order valence-corrected chi connectivity index (χ0v) is 16.8. The molecule has 0 aromatic heterocycles. The van der Waals surface area contributed by atoms with Crippen LogP contribution in [0, 0.1) is 0 Å². The van der Waals surface area contributed by atoms with Crippen molar-refractivity contribution < 1.29 is 26.3 Å². The van der Waals surface area contributed by atoms with Crippen molar-refractivity contribution in [3.8, 4) is 16.9 Å². The van der Waals surface area contributed by atoms with Crippen molar-refractivity contribution in [2.24, 2.45) is 5.14 Å². The Labute approximate surface area is 167 Å². The van der Waals surface area contributed by atoms with Gasteiger partial charge < -0.3 is 14.5 Å². The Bertz CT molecular complexity index is 1000. The predicted octanol–water partition coefficient (Wildman–Crippen LogP) is 2.78. The molecular weight excluding hydrogens is 407 g/mol. The molecule has 10 heteroatoms. The van der Waals surface area contributed by atoms with Gasteiger partial charge in [0.15, 0.2) is 0 Å². The van der Waals surface area contributed by atoms with Gasteiger partial charge in [0.25, 0.3) is 0 Å². The molecule has 6 nitrogen and oxygen atoms in total. The number of nitrogens with two attached hydrogens (primary N) is 1. The second-order valence-electron chi connectivity index (χ2n) is 6.90. The number of primary sulfonamides is 1. The van der Waals surface area contributed by atoms with Crippen molar-refractivity contribution in [1.82, 2.24) is 4.90 Å². The van der Waals surface area contributed by atoms with Gasteiger partial charge in [0, 0.05) is 31.7 Å². The first-order chi connectivity index (χ1) is 13.5. The summed E-state index contributed by atoms with van der Waals surface area (Å²) in [7, 11) is -0.907. The lowest BCUT2D eigenvalue weighted by Crippen LogP contribution is -2.44. The molecular formula is C19H22F3N3O3S. The molecule has 0 atom stereocenters. The molecule has 0 saturated carbocycles. The topological polar surface area (TPSA) is 75.9 Å². The van der Waals surface area contributed by atoms with Crippen LogP contribution in [0.25, 0.3) is 11.1 Å². The van der Waals surface area contributed by atoms with Gasteiger partial charge in [-0.05, 0) is 36.9 Å². The number of sulfonamides is 1. The first kappa shape index (κ1) is 21.4. The van der Waals surface area contributed by atoms with E-state index in [-0.39, 0.29) is 5.56 Å². The average Bonchev–Trinajstić information content (AvgIpc) is 2.66. The van der Waals surface area contributed by atoms with E-state index in [9.17, 15) is 21.6 Å². The van der Waals surface area contributed by atoms with E-state index in [1.165, 1.54) is 19.2 Å². The molecule has 3 rings (SSSR count). The Morgan fingerprint density at radius 1 is 1.07 bits per heavy atom. The molecule has 0 radical (unpaired) electrons. The zero-order valence-electron chi connectivity index (χ0n) is 16.0. The number of hydrogen-bond acceptors (Lipinski definition) is 5. The molecule has 2 aromatic carbocycles. The normalized spacial score (nSPS) is 16.1. The van der Waals surface area contributed by atoms with Gasteiger partial charge in [0.2, 0.25) is 10.0 Å². The highest BCUT2D eigenvalue weighted by molar-refractivity contribution is 7.89. The summed E-state index contributed by atoms with van der Waals surface area (Å²) >= 11 is 0. The SMILES string of the molecule is COc1ccc(-c2c(C(F)(F)F)cccc2S(N)(=O)=O)cc1N1CCN(C)CC1. The average molecular weight is 429 g/mol. The van der Waals surface area contributed by atoms with Crippen LogP contribution < -0.4 is 14.8 Å². The van der Waals surface area contributed by atoms with E-state index in [2.05, 4.69) is 4.90 Å². The van der Waals surface area contributed by atoms with Gasteiger partial charge in [-0.15, -0.1) is 0 Å². The summed E-state index contributed by atoms with van der Waals surface area (Å²) < 4.78 is 70.4. The number of methoxy groups -OCH3 is 1. The van der Waals surface area contributed by atoms with Crippen LogP contribution in [-0.2, 0) is 16.2 Å². The van der Waals surface area contributed by atoms with Crippen molar-refractivity contribution in [2.75, 3.05) is 45.2 Å². The van der Waals surface area contributed by atoms with Crippen LogP contribution in [-0.4, -0.2) is 53.7 Å². The molecule has 0 spiro atoms. The molecule has 1 aliphatic heterocycles. The van der Waals surface area contributed by atoms with Crippen LogP contribution in [0.15, 0.2) is 41.3 Å². The maximum Gasteiger partial charge on any atom is 0.417 e. The summed E-state index contributed by atoms with van der Waals surface area (Å²) in [6.07, 6.45) is -4.75. The lowest BCUT2D eigenvalue weighted by atomic mass is 9.98. The standard InChI is InChI=1S/C19H22F3N3O3S/c1-24-8-10-25(11-9-24)15-12-13(6-7-16(15)28-2)18-14(19(20,21)22)4-3-5-17(18)29(23,26)27/h3-7,12H,8-11H2,1-2H3,(H2,23,26,27). The van der Waals surface area contributed by atoms with Gasteiger partial charge in [0.05, 0.1) is 23.3 Å². The van der Waals surface area contributed by atoms with E-state index in [4.69, 9.17) is 9.88 Å². The Hall–Kier alpha value is -2.30. The predicted molar refractivity (Wildman–Crippen MR) is 105 cm³/mol. The van der Waals surface area contributed by atoms with Crippen LogP contribution >= 0.6 is 0 Å². The Kier molecular flexibility index (Phi) is 5.79. The summed E-state index contributed by atoms with van der Waals surface area (Å²) in [5.41, 5.74) is -0.800. The Morgan fingerprint density at radius 2 is 1.72 bits per heavy atom. The molecule has 1 fully saturated rings. The monoisotopic (exact) mass is 429 g/mol. The molecule has 1 aliphatic rings. The zero-order chi connectivity index (χ0) is 21.4. The Morgan fingerprint density at radius 3 is 2.28 bits per heavy atom. The number of likely N-dealkylation sites (N-methyl/N-ethyl adjacent to an activating group) is 1. The maximum atomic E-state index is 13.7. The number of rotatable bonds is 4. The number of benzene rings is 2. The molecule has 0 amide bonds. The number of nitrogens with zero attached hydrogens (tertiary/aromatic N) is 2. The minimum Gasteiger partial charge on any atom is -0.495 e. The van der Waals surface area contributed by atoms with Crippen LogP contribution in [0.3, 0.4) is 0 Å². The molecule has 0 unspecified atom stereocenters. The van der Waals surface area contributed by atoms with Crippen LogP contribution in [0.5, 0.6) is 5.75 Å². The summed E-state index contributed by atoms with van der Waals surface area (Å²) in [6.45, 7) is 2.91. The lowest BCUT2D eigenvalue weighted by Gasteiger charge is -2.35. The fraction of sp³-hybridized carbons (Fsp3) is 0.368. The third-order valence-electron chi connectivity index (χ3n) is 4.95. The lowest BCUT2D eigenvalue weighted by molar-refractivity contribution is -0.137. The molecule has 1 saturated heterocycles. The third kappa shape index (κ3) is 4.49. The highest BCUT2D eigenvalue weighted by atomic mass is 32.2. The number of alkyl halides is 3. The number of hydrogen-bond donors (Lipinski definition) is 1. The van der Waals surface area contributed by atoms with Crippen molar-refractivity contribution in [3.63, 3.8) is 0 Å². The summed E-state index contributed by atoms with van der Waals surface area (Å²) in [5, 5.41) is 5.22. The van der Waals surface area contributed by atoms with E-state index in [0.717, 1.165) is 31.3 Å². The van der Waals surface area contributed by atoms with Crippen molar-refractivity contribution in [2.45, 2.75) is 11.1 Å². The molecule has 0 bridgehead atoms. The van der Waals surface area contributed by atoms with E-state index < -0.39 is 32.2 Å². The second-order valence-corrected chi connectivity index (χ2v) is 8.43. The molecule has 158 valence electrons. The van der Waals surface area contributed by atoms with Crippen LogP contribution in [0.2, 0.25) is 0 Å².